The van der Waals surface area contributed by atoms with E-state index in [-0.39, 0.29) is 0 Å². The van der Waals surface area contributed by atoms with E-state index in [0.29, 0.717) is 4.54 Å². The van der Waals surface area contributed by atoms with Crippen LogP contribution in [0.2, 0.25) is 0 Å². The molecule has 0 aliphatic carbocycles. The van der Waals surface area contributed by atoms with Crippen molar-refractivity contribution in [1.82, 2.24) is 15.5 Å². The molecule has 7 heavy (non-hydrogen) atoms. The first-order chi connectivity index (χ1) is 3.39. The van der Waals surface area contributed by atoms with Crippen molar-refractivity contribution in [2.24, 2.45) is 0 Å². The smallest absolute Gasteiger partial charge is 0.0377 e. The van der Waals surface area contributed by atoms with Gasteiger partial charge in [0.15, 0.2) is 11.4 Å². The normalized spacial score (nSPS) is 8.57. The molecule has 1 aromatic heterocycles. The van der Waals surface area contributed by atoms with Crippen molar-refractivity contribution in [2.75, 3.05) is 0 Å². The summed E-state index contributed by atoms with van der Waals surface area (Å²) in [6.07, 6.45) is 2.51. The molecule has 5 nitrogen and oxygen atoms in total. The lowest BCUT2D eigenvalue weighted by Gasteiger charge is -1.61. The molecule has 0 aliphatic rings. The van der Waals surface area contributed by atoms with Gasteiger partial charge in [-0.3, -0.25) is 0 Å². The van der Waals surface area contributed by atoms with E-state index in [2.05, 4.69) is 10.3 Å². The predicted octanol–water partition coefficient (Wildman–Crippen LogP) is -1.28. The summed E-state index contributed by atoms with van der Waals surface area (Å²) in [5.41, 5.74) is 0. The minimum absolute atomic E-state index is 0.451. The lowest BCUT2D eigenvalue weighted by atomic mass is 10.9. The van der Waals surface area contributed by atoms with Gasteiger partial charge in [-0.05, 0) is 10.0 Å². The van der Waals surface area contributed by atoms with Gasteiger partial charge in [-0.25, -0.2) is 0 Å². The third kappa shape index (κ3) is 0.783. The summed E-state index contributed by atoms with van der Waals surface area (Å²) in [7, 11) is 0. The zero-order chi connectivity index (χ0) is 5.11. The summed E-state index contributed by atoms with van der Waals surface area (Å²) in [6, 6.07) is 0. The standard InChI is InChI=1S/C2H3N4O/c7-6-2-1-3-4-5-6/h1-2H,(H,3,5,7)/q+1. The van der Waals surface area contributed by atoms with E-state index >= 15 is 0 Å². The van der Waals surface area contributed by atoms with Crippen LogP contribution in [0.1, 0.15) is 0 Å². The maximum Gasteiger partial charge on any atom is 0.188 e. The number of nitrogens with one attached hydrogen (secondary N) is 1. The average Bonchev–Trinajstić information content (AvgIpc) is 1.69. The molecule has 0 unspecified atom stereocenters. The Morgan fingerprint density at radius 2 is 2.57 bits per heavy atom. The maximum atomic E-state index is 10.0. The van der Waals surface area contributed by atoms with E-state index < -0.39 is 0 Å². The van der Waals surface area contributed by atoms with E-state index in [9.17, 15) is 4.91 Å². The maximum absolute atomic E-state index is 10.0. The third-order valence-electron chi connectivity index (χ3n) is 0.470. The van der Waals surface area contributed by atoms with Crippen molar-refractivity contribution >= 4 is 0 Å². The van der Waals surface area contributed by atoms with Crippen LogP contribution in [-0.4, -0.2) is 15.5 Å². The van der Waals surface area contributed by atoms with Crippen LogP contribution in [0.3, 0.4) is 0 Å². The predicted molar refractivity (Wildman–Crippen MR) is 19.7 cm³/mol. The molecule has 0 atom stereocenters. The molecule has 5 heteroatoms. The zero-order valence-electron chi connectivity index (χ0n) is 3.40. The first kappa shape index (κ1) is 3.91. The number of rotatable bonds is 0. The Morgan fingerprint density at radius 3 is 2.86 bits per heavy atom. The van der Waals surface area contributed by atoms with Gasteiger partial charge >= 0.3 is 0 Å². The third-order valence-corrected chi connectivity index (χ3v) is 0.470. The van der Waals surface area contributed by atoms with Crippen LogP contribution in [0, 0.1) is 4.91 Å². The van der Waals surface area contributed by atoms with E-state index in [0.717, 1.165) is 0 Å². The Balaban J connectivity index is 3.28. The Bertz CT molecular complexity index is 175. The fraction of sp³-hybridized carbons (Fsp3) is 0. The lowest BCUT2D eigenvalue weighted by Crippen LogP contribution is -2.19. The molecular weight excluding hydrogens is 96.0 g/mol. The molecule has 0 saturated heterocycles. The Kier molecular flexibility index (Phi) is 0.816. The highest BCUT2D eigenvalue weighted by Gasteiger charge is 1.79. The highest BCUT2D eigenvalue weighted by molar-refractivity contribution is 4.45. The summed E-state index contributed by atoms with van der Waals surface area (Å²) < 4.78 is 0.451. The number of aromatic amines is 1. The molecule has 0 amide bonds. The molecule has 36 valence electrons. The van der Waals surface area contributed by atoms with Crippen LogP contribution in [0.4, 0.5) is 0 Å². The second kappa shape index (κ2) is 1.46. The first-order valence-corrected chi connectivity index (χ1v) is 1.68. The zero-order valence-corrected chi connectivity index (χ0v) is 3.40. The van der Waals surface area contributed by atoms with Gasteiger partial charge in [-0.2, -0.15) is 0 Å². The lowest BCUT2D eigenvalue weighted by molar-refractivity contribution is -0.573. The first-order valence-electron chi connectivity index (χ1n) is 1.68. The Labute approximate surface area is 38.6 Å². The van der Waals surface area contributed by atoms with Crippen LogP contribution in [0.25, 0.3) is 0 Å². The van der Waals surface area contributed by atoms with Gasteiger partial charge in [0.05, 0.1) is 4.54 Å². The van der Waals surface area contributed by atoms with Crippen molar-refractivity contribution < 1.29 is 4.54 Å². The number of hydrogen-bond acceptors (Lipinski definition) is 3. The summed E-state index contributed by atoms with van der Waals surface area (Å²) in [4.78, 5) is 10.0. The van der Waals surface area contributed by atoms with Crippen molar-refractivity contribution in [3.05, 3.63) is 17.3 Å². The highest BCUT2D eigenvalue weighted by Crippen LogP contribution is 1.48. The van der Waals surface area contributed by atoms with Gasteiger partial charge in [0.25, 0.3) is 0 Å². The number of aromatic nitrogens is 4. The van der Waals surface area contributed by atoms with Crippen molar-refractivity contribution in [2.45, 2.75) is 0 Å². The minimum atomic E-state index is 0.451. The van der Waals surface area contributed by atoms with Gasteiger partial charge in [0.1, 0.15) is 6.20 Å². The second-order valence-corrected chi connectivity index (χ2v) is 0.939. The summed E-state index contributed by atoms with van der Waals surface area (Å²) in [5.74, 6) is 0. The van der Waals surface area contributed by atoms with E-state index in [4.69, 9.17) is 0 Å². The van der Waals surface area contributed by atoms with Gasteiger partial charge in [0, 0.05) is 5.21 Å². The molecular formula is C2H3N4O+. The largest absolute Gasteiger partial charge is 0.188 e. The van der Waals surface area contributed by atoms with Crippen LogP contribution in [-0.2, 0) is 0 Å². The van der Waals surface area contributed by atoms with Gasteiger partial charge < -0.3 is 0 Å². The average molecular weight is 99.1 g/mol. The quantitative estimate of drug-likeness (QED) is 0.412. The summed E-state index contributed by atoms with van der Waals surface area (Å²) in [5, 5.41) is 8.51. The molecule has 1 N–H and O–H groups in total. The van der Waals surface area contributed by atoms with Crippen LogP contribution < -0.4 is 4.54 Å². The number of hydrogen-bond donors (Lipinski definition) is 1. The topological polar surface area (TPSA) is 64.5 Å². The summed E-state index contributed by atoms with van der Waals surface area (Å²) in [6.45, 7) is 0. The number of H-pyrrole nitrogens is 1. The SMILES string of the molecule is O=[n+]1ccnn[nH]1. The molecule has 1 heterocycles. The molecule has 1 rings (SSSR count). The Morgan fingerprint density at radius 1 is 1.71 bits per heavy atom. The Hall–Kier alpha value is -1.26. The van der Waals surface area contributed by atoms with Crippen LogP contribution >= 0.6 is 0 Å². The molecule has 0 bridgehead atoms. The fourth-order valence-electron chi connectivity index (χ4n) is 0.227. The van der Waals surface area contributed by atoms with Gasteiger partial charge in [-0.1, -0.05) is 0 Å². The van der Waals surface area contributed by atoms with Gasteiger partial charge in [0.2, 0.25) is 0 Å². The van der Waals surface area contributed by atoms with Gasteiger partial charge in [-0.15, -0.1) is 0 Å². The minimum Gasteiger partial charge on any atom is -0.0377 e. The molecule has 0 saturated carbocycles. The molecule has 1 aromatic rings. The highest BCUT2D eigenvalue weighted by atomic mass is 16.3. The van der Waals surface area contributed by atoms with Crippen molar-refractivity contribution in [3.63, 3.8) is 0 Å². The second-order valence-electron chi connectivity index (χ2n) is 0.939. The molecule has 0 fully saturated rings. The van der Waals surface area contributed by atoms with Crippen molar-refractivity contribution in [1.29, 1.82) is 0 Å². The fourth-order valence-corrected chi connectivity index (χ4v) is 0.227. The monoisotopic (exact) mass is 99.0 g/mol. The van der Waals surface area contributed by atoms with E-state index in [1.807, 2.05) is 5.21 Å². The van der Waals surface area contributed by atoms with Crippen LogP contribution in [0.5, 0.6) is 0 Å². The number of nitrogens with zero attached hydrogens (tertiary/aromatic N) is 3. The van der Waals surface area contributed by atoms with Crippen molar-refractivity contribution in [3.8, 4) is 0 Å². The summed E-state index contributed by atoms with van der Waals surface area (Å²) >= 11 is 0. The van der Waals surface area contributed by atoms with E-state index in [1.54, 1.807) is 0 Å². The van der Waals surface area contributed by atoms with Crippen LogP contribution in [0.15, 0.2) is 12.4 Å². The molecule has 0 aromatic carbocycles. The van der Waals surface area contributed by atoms with E-state index in [1.165, 1.54) is 12.4 Å². The molecule has 0 radical (unpaired) electrons. The molecule has 0 spiro atoms. The molecule has 0 aliphatic heterocycles.